The fraction of sp³-hybridized carbons (Fsp3) is 0.593. The molecule has 1 fully saturated rings. The van der Waals surface area contributed by atoms with E-state index in [1.165, 1.54) is 12.1 Å². The van der Waals surface area contributed by atoms with E-state index in [1.54, 1.807) is 6.07 Å². The van der Waals surface area contributed by atoms with Gasteiger partial charge in [-0.25, -0.2) is 0 Å². The molecule has 0 radical (unpaired) electrons. The second-order valence-corrected chi connectivity index (χ2v) is 9.11. The lowest BCUT2D eigenvalue weighted by molar-refractivity contribution is -0.136. The molecule has 0 aliphatic carbocycles. The fourth-order valence-electron chi connectivity index (χ4n) is 4.14. The number of rotatable bonds is 20. The molecule has 1 atom stereocenters. The predicted molar refractivity (Wildman–Crippen MR) is 140 cm³/mol. The molecule has 13 nitrogen and oxygen atoms in total. The molecule has 0 aromatic heterocycles. The number of ether oxygens (including phenoxy) is 5. The number of amides is 4. The molecule has 3 rings (SSSR count). The maximum atomic E-state index is 13.1. The van der Waals surface area contributed by atoms with Crippen molar-refractivity contribution in [3.05, 3.63) is 29.3 Å². The largest absolute Gasteiger partial charge is 0.485 e. The lowest BCUT2D eigenvalue weighted by Gasteiger charge is -2.27. The topological polar surface area (TPSA) is 159 Å². The van der Waals surface area contributed by atoms with Crippen LogP contribution in [0.3, 0.4) is 0 Å². The first kappa shape index (κ1) is 31.3. The van der Waals surface area contributed by atoms with Crippen LogP contribution in [0.2, 0.25) is 0 Å². The van der Waals surface area contributed by atoms with Crippen molar-refractivity contribution in [2.75, 3.05) is 73.1 Å². The summed E-state index contributed by atoms with van der Waals surface area (Å²) in [4.78, 5) is 62.8. The lowest BCUT2D eigenvalue weighted by atomic mass is 10.0. The molecule has 4 amide bonds. The number of benzene rings is 1. The number of nitrogens with zero attached hydrogens (tertiary/aromatic N) is 1. The van der Waals surface area contributed by atoms with Gasteiger partial charge in [0.25, 0.3) is 11.8 Å². The van der Waals surface area contributed by atoms with E-state index in [0.717, 1.165) is 11.4 Å². The molecule has 2 aliphatic rings. The van der Waals surface area contributed by atoms with Gasteiger partial charge < -0.3 is 29.0 Å². The van der Waals surface area contributed by atoms with E-state index in [-0.39, 0.29) is 48.5 Å². The third-order valence-corrected chi connectivity index (χ3v) is 6.18. The molecule has 0 saturated carbocycles. The predicted octanol–water partition coefficient (Wildman–Crippen LogP) is 0.102. The highest BCUT2D eigenvalue weighted by atomic mass is 16.6. The Morgan fingerprint density at radius 3 is 2.23 bits per heavy atom. The van der Waals surface area contributed by atoms with Crippen LogP contribution >= 0.6 is 0 Å². The molecule has 1 aromatic carbocycles. The van der Waals surface area contributed by atoms with E-state index in [1.807, 2.05) is 7.05 Å². The number of nitrogens with one attached hydrogen (secondary N) is 2. The van der Waals surface area contributed by atoms with Crippen LogP contribution in [0, 0.1) is 0 Å². The molecule has 2 N–H and O–H groups in total. The van der Waals surface area contributed by atoms with Gasteiger partial charge in [0.15, 0.2) is 5.78 Å². The molecule has 2 aliphatic heterocycles. The SMILES string of the molecule is CNCCOCCOCCOCCOCCCC(=O)COc1cccc2c1C(=O)N(C1CCC(=O)NC1=O)C2=O. The molecule has 1 aromatic rings. The molecule has 40 heavy (non-hydrogen) atoms. The zero-order valence-electron chi connectivity index (χ0n) is 22.7. The van der Waals surface area contributed by atoms with Crippen molar-refractivity contribution in [3.63, 3.8) is 0 Å². The highest BCUT2D eigenvalue weighted by Crippen LogP contribution is 2.33. The van der Waals surface area contributed by atoms with Crippen molar-refractivity contribution < 1.29 is 47.7 Å². The minimum Gasteiger partial charge on any atom is -0.485 e. The normalized spacial score (nSPS) is 16.8. The monoisotopic (exact) mass is 563 g/mol. The summed E-state index contributed by atoms with van der Waals surface area (Å²) in [5, 5.41) is 5.15. The third-order valence-electron chi connectivity index (χ3n) is 6.18. The van der Waals surface area contributed by atoms with Crippen molar-refractivity contribution in [1.29, 1.82) is 0 Å². The third kappa shape index (κ3) is 9.17. The van der Waals surface area contributed by atoms with Crippen molar-refractivity contribution in [2.24, 2.45) is 0 Å². The number of carbonyl (C=O) groups is 5. The average Bonchev–Trinajstić information content (AvgIpc) is 3.19. The standard InChI is InChI=1S/C27H37N3O10/c1-28-9-11-37-13-15-39-17-16-38-14-12-36-10-3-4-19(31)18-40-22-6-2-5-20-24(22)27(35)30(26(20)34)21-7-8-23(32)29-25(21)33/h2,5-6,21,28H,3-4,7-18H2,1H3,(H,29,32,33). The average molecular weight is 564 g/mol. The first-order valence-electron chi connectivity index (χ1n) is 13.4. The number of carbonyl (C=O) groups excluding carboxylic acids is 5. The van der Waals surface area contributed by atoms with E-state index in [0.29, 0.717) is 59.3 Å². The van der Waals surface area contributed by atoms with Gasteiger partial charge in [-0.1, -0.05) is 6.07 Å². The summed E-state index contributed by atoms with van der Waals surface area (Å²) in [6.45, 7) is 4.37. The summed E-state index contributed by atoms with van der Waals surface area (Å²) >= 11 is 0. The second kappa shape index (κ2) is 16.8. The van der Waals surface area contributed by atoms with Gasteiger partial charge in [-0.2, -0.15) is 0 Å². The molecular formula is C27H37N3O10. The van der Waals surface area contributed by atoms with Gasteiger partial charge in [0.2, 0.25) is 11.8 Å². The highest BCUT2D eigenvalue weighted by Gasteiger charge is 2.46. The minimum absolute atomic E-state index is 0.0107. The number of ketones is 1. The van der Waals surface area contributed by atoms with Crippen LogP contribution in [-0.4, -0.2) is 113 Å². The van der Waals surface area contributed by atoms with Crippen LogP contribution in [0.15, 0.2) is 18.2 Å². The van der Waals surface area contributed by atoms with Crippen LogP contribution in [-0.2, 0) is 33.3 Å². The molecule has 0 bridgehead atoms. The molecule has 2 heterocycles. The van der Waals surface area contributed by atoms with E-state index in [2.05, 4.69) is 10.6 Å². The van der Waals surface area contributed by atoms with Crippen LogP contribution in [0.25, 0.3) is 0 Å². The Morgan fingerprint density at radius 1 is 0.925 bits per heavy atom. The summed E-state index contributed by atoms with van der Waals surface area (Å²) in [6.07, 6.45) is 0.796. The maximum absolute atomic E-state index is 13.1. The summed E-state index contributed by atoms with van der Waals surface area (Å²) in [6, 6.07) is 3.43. The number of hydrogen-bond acceptors (Lipinski definition) is 11. The Morgan fingerprint density at radius 2 is 1.57 bits per heavy atom. The number of piperidine rings is 1. The van der Waals surface area contributed by atoms with Gasteiger partial charge in [0.05, 0.1) is 57.4 Å². The van der Waals surface area contributed by atoms with Gasteiger partial charge in [0, 0.05) is 26.0 Å². The smallest absolute Gasteiger partial charge is 0.266 e. The number of likely N-dealkylation sites (N-methyl/N-ethyl adjacent to an activating group) is 1. The molecule has 1 unspecified atom stereocenters. The van der Waals surface area contributed by atoms with Crippen LogP contribution in [0.4, 0.5) is 0 Å². The van der Waals surface area contributed by atoms with Gasteiger partial charge in [0.1, 0.15) is 18.4 Å². The summed E-state index contributed by atoms with van der Waals surface area (Å²) < 4.78 is 27.2. The van der Waals surface area contributed by atoms with Crippen molar-refractivity contribution in [1.82, 2.24) is 15.5 Å². The van der Waals surface area contributed by atoms with E-state index in [9.17, 15) is 24.0 Å². The zero-order valence-corrected chi connectivity index (χ0v) is 22.7. The van der Waals surface area contributed by atoms with Gasteiger partial charge in [-0.05, 0) is 32.0 Å². The Hall–Kier alpha value is -3.23. The molecule has 0 spiro atoms. The van der Waals surface area contributed by atoms with E-state index >= 15 is 0 Å². The Balaban J connectivity index is 1.28. The van der Waals surface area contributed by atoms with Gasteiger partial charge >= 0.3 is 0 Å². The summed E-state index contributed by atoms with van der Waals surface area (Å²) in [5.74, 6) is -2.55. The first-order chi connectivity index (χ1) is 19.4. The maximum Gasteiger partial charge on any atom is 0.266 e. The second-order valence-electron chi connectivity index (χ2n) is 9.11. The fourth-order valence-corrected chi connectivity index (χ4v) is 4.14. The number of imide groups is 2. The van der Waals surface area contributed by atoms with Crippen molar-refractivity contribution in [2.45, 2.75) is 31.7 Å². The van der Waals surface area contributed by atoms with Crippen molar-refractivity contribution >= 4 is 29.4 Å². The zero-order chi connectivity index (χ0) is 28.7. The number of hydrogen-bond donors (Lipinski definition) is 2. The Labute approximate surface area is 232 Å². The molecule has 13 heteroatoms. The van der Waals surface area contributed by atoms with Gasteiger partial charge in [-0.3, -0.25) is 34.2 Å². The summed E-state index contributed by atoms with van der Waals surface area (Å²) in [7, 11) is 1.87. The number of Topliss-reactive ketones (excluding diaryl/α,β-unsaturated/α-hetero) is 1. The Bertz CT molecular complexity index is 1050. The van der Waals surface area contributed by atoms with Gasteiger partial charge in [-0.15, -0.1) is 0 Å². The van der Waals surface area contributed by atoms with E-state index < -0.39 is 29.7 Å². The lowest BCUT2D eigenvalue weighted by Crippen LogP contribution is -2.54. The van der Waals surface area contributed by atoms with Crippen molar-refractivity contribution in [3.8, 4) is 5.75 Å². The quantitative estimate of drug-likeness (QED) is 0.164. The van der Waals surface area contributed by atoms with E-state index in [4.69, 9.17) is 23.7 Å². The highest BCUT2D eigenvalue weighted by molar-refractivity contribution is 6.24. The van der Waals surface area contributed by atoms with Crippen LogP contribution in [0.5, 0.6) is 5.75 Å². The molecule has 220 valence electrons. The Kier molecular flexibility index (Phi) is 13.1. The number of fused-ring (bicyclic) bond motifs is 1. The molecular weight excluding hydrogens is 526 g/mol. The molecule has 1 saturated heterocycles. The summed E-state index contributed by atoms with van der Waals surface area (Å²) in [5.41, 5.74) is 0.104. The van der Waals surface area contributed by atoms with Crippen LogP contribution in [0.1, 0.15) is 46.4 Å². The van der Waals surface area contributed by atoms with Crippen LogP contribution < -0.4 is 15.4 Å². The minimum atomic E-state index is -1.07. The first-order valence-corrected chi connectivity index (χ1v) is 13.4.